The van der Waals surface area contributed by atoms with Crippen molar-refractivity contribution in [3.05, 3.63) is 59.2 Å². The number of hydrogen-bond acceptors (Lipinski definition) is 5. The fourth-order valence-electron chi connectivity index (χ4n) is 3.24. The number of hydrogen-bond donors (Lipinski definition) is 2. The molecule has 2 aromatic carbocycles. The first kappa shape index (κ1) is 20.1. The molecule has 0 aromatic heterocycles. The summed E-state index contributed by atoms with van der Waals surface area (Å²) in [6.45, 7) is 5.15. The SMILES string of the molecule is CC(=O)Nc1ccc(C2=NN(C)C(C)(C(=O)Nc3ccc(C#N)c(C)c3)C2)cc1. The van der Waals surface area contributed by atoms with Gasteiger partial charge >= 0.3 is 0 Å². The van der Waals surface area contributed by atoms with Crippen LogP contribution >= 0.6 is 0 Å². The lowest BCUT2D eigenvalue weighted by molar-refractivity contribution is -0.125. The number of likely N-dealkylation sites (N-methyl/N-ethyl adjacent to an activating group) is 1. The van der Waals surface area contributed by atoms with Gasteiger partial charge in [0.05, 0.1) is 17.3 Å². The fourth-order valence-corrected chi connectivity index (χ4v) is 3.24. The predicted molar refractivity (Wildman–Crippen MR) is 113 cm³/mol. The average Bonchev–Trinajstić information content (AvgIpc) is 2.98. The molecule has 1 heterocycles. The van der Waals surface area contributed by atoms with E-state index in [-0.39, 0.29) is 11.8 Å². The first-order valence-corrected chi connectivity index (χ1v) is 9.24. The zero-order chi connectivity index (χ0) is 21.2. The summed E-state index contributed by atoms with van der Waals surface area (Å²) in [6, 6.07) is 14.7. The van der Waals surface area contributed by atoms with Crippen LogP contribution < -0.4 is 10.6 Å². The van der Waals surface area contributed by atoms with Gasteiger partial charge in [0.25, 0.3) is 5.91 Å². The molecule has 0 saturated heterocycles. The van der Waals surface area contributed by atoms with Gasteiger partial charge in [-0.2, -0.15) is 10.4 Å². The molecule has 7 heteroatoms. The van der Waals surface area contributed by atoms with E-state index in [0.29, 0.717) is 23.4 Å². The zero-order valence-corrected chi connectivity index (χ0v) is 16.9. The van der Waals surface area contributed by atoms with E-state index in [0.717, 1.165) is 16.8 Å². The molecule has 3 rings (SSSR count). The molecule has 0 aliphatic carbocycles. The van der Waals surface area contributed by atoms with Crippen LogP contribution in [0.5, 0.6) is 0 Å². The third-order valence-electron chi connectivity index (χ3n) is 5.13. The van der Waals surface area contributed by atoms with Gasteiger partial charge in [-0.25, -0.2) is 0 Å². The molecule has 1 aliphatic heterocycles. The third kappa shape index (κ3) is 4.11. The van der Waals surface area contributed by atoms with Crippen molar-refractivity contribution in [3.63, 3.8) is 0 Å². The standard InChI is InChI=1S/C22H23N5O2/c1-14-11-19(10-7-17(14)13-23)25-21(29)22(3)12-20(26-27(22)4)16-5-8-18(9-6-16)24-15(2)28/h5-11H,12H2,1-4H3,(H,24,28)(H,25,29). The molecule has 2 aromatic rings. The number of aryl methyl sites for hydroxylation is 1. The van der Waals surface area contributed by atoms with Crippen LogP contribution in [0.25, 0.3) is 0 Å². The van der Waals surface area contributed by atoms with Gasteiger partial charge in [-0.05, 0) is 55.3 Å². The summed E-state index contributed by atoms with van der Waals surface area (Å²) < 4.78 is 0. The Morgan fingerprint density at radius 3 is 2.38 bits per heavy atom. The van der Waals surface area contributed by atoms with Crippen molar-refractivity contribution in [3.8, 4) is 6.07 Å². The summed E-state index contributed by atoms with van der Waals surface area (Å²) in [5.41, 5.74) is 3.62. The summed E-state index contributed by atoms with van der Waals surface area (Å²) in [7, 11) is 1.78. The number of benzene rings is 2. The number of amides is 2. The second-order valence-electron chi connectivity index (χ2n) is 7.38. The Hall–Kier alpha value is -3.66. The largest absolute Gasteiger partial charge is 0.326 e. The molecule has 1 unspecified atom stereocenters. The first-order chi connectivity index (χ1) is 13.7. The summed E-state index contributed by atoms with van der Waals surface area (Å²) in [6.07, 6.45) is 0.448. The molecule has 7 nitrogen and oxygen atoms in total. The molecule has 2 N–H and O–H groups in total. The van der Waals surface area contributed by atoms with E-state index in [4.69, 9.17) is 5.26 Å². The van der Waals surface area contributed by atoms with Crippen LogP contribution in [0.2, 0.25) is 0 Å². The maximum Gasteiger partial charge on any atom is 0.252 e. The highest BCUT2D eigenvalue weighted by molar-refractivity contribution is 6.09. The molecule has 29 heavy (non-hydrogen) atoms. The van der Waals surface area contributed by atoms with E-state index < -0.39 is 5.54 Å². The van der Waals surface area contributed by atoms with Gasteiger partial charge in [0.15, 0.2) is 0 Å². The smallest absolute Gasteiger partial charge is 0.252 e. The number of rotatable bonds is 4. The Balaban J connectivity index is 1.74. The van der Waals surface area contributed by atoms with Crippen LogP contribution in [0.3, 0.4) is 0 Å². The quantitative estimate of drug-likeness (QED) is 0.839. The maximum atomic E-state index is 13.0. The van der Waals surface area contributed by atoms with Crippen molar-refractivity contribution in [1.29, 1.82) is 5.26 Å². The number of carbonyl (C=O) groups excluding carboxylic acids is 2. The van der Waals surface area contributed by atoms with Gasteiger partial charge in [-0.1, -0.05) is 12.1 Å². The highest BCUT2D eigenvalue weighted by Crippen LogP contribution is 2.30. The molecule has 148 valence electrons. The molecular weight excluding hydrogens is 366 g/mol. The molecular formula is C22H23N5O2. The summed E-state index contributed by atoms with van der Waals surface area (Å²) in [4.78, 5) is 24.2. The van der Waals surface area contributed by atoms with Gasteiger partial charge < -0.3 is 10.6 Å². The van der Waals surface area contributed by atoms with Crippen LogP contribution in [0, 0.1) is 18.3 Å². The minimum atomic E-state index is -0.840. The summed E-state index contributed by atoms with van der Waals surface area (Å²) in [5.74, 6) is -0.296. The maximum absolute atomic E-state index is 13.0. The lowest BCUT2D eigenvalue weighted by atomic mass is 9.92. The lowest BCUT2D eigenvalue weighted by Gasteiger charge is -2.30. The minimum absolute atomic E-state index is 0.127. The second kappa shape index (κ2) is 7.76. The topological polar surface area (TPSA) is 97.6 Å². The molecule has 0 bridgehead atoms. The van der Waals surface area contributed by atoms with Crippen molar-refractivity contribution < 1.29 is 9.59 Å². The number of anilines is 2. The van der Waals surface area contributed by atoms with Crippen molar-refractivity contribution in [2.45, 2.75) is 32.7 Å². The van der Waals surface area contributed by atoms with Gasteiger partial charge in [0, 0.05) is 31.8 Å². The van der Waals surface area contributed by atoms with Crippen molar-refractivity contribution in [2.24, 2.45) is 5.10 Å². The number of carbonyl (C=O) groups is 2. The van der Waals surface area contributed by atoms with E-state index in [1.54, 1.807) is 30.3 Å². The van der Waals surface area contributed by atoms with E-state index in [2.05, 4.69) is 21.8 Å². The Labute approximate surface area is 170 Å². The van der Waals surface area contributed by atoms with Crippen LogP contribution in [-0.4, -0.2) is 35.1 Å². The Kier molecular flexibility index (Phi) is 5.37. The Bertz CT molecular complexity index is 1040. The van der Waals surface area contributed by atoms with Crippen molar-refractivity contribution >= 4 is 28.9 Å². The van der Waals surface area contributed by atoms with Crippen LogP contribution in [0.1, 0.15) is 37.0 Å². The summed E-state index contributed by atoms with van der Waals surface area (Å²) >= 11 is 0. The fraction of sp³-hybridized carbons (Fsp3) is 0.273. The van der Waals surface area contributed by atoms with Gasteiger partial charge in [0.2, 0.25) is 5.91 Å². The van der Waals surface area contributed by atoms with Gasteiger partial charge in [-0.3, -0.25) is 14.6 Å². The highest BCUT2D eigenvalue weighted by Gasteiger charge is 2.43. The molecule has 1 aliphatic rings. The molecule has 0 spiro atoms. The van der Waals surface area contributed by atoms with E-state index in [9.17, 15) is 9.59 Å². The van der Waals surface area contributed by atoms with Crippen LogP contribution in [-0.2, 0) is 9.59 Å². The minimum Gasteiger partial charge on any atom is -0.326 e. The Morgan fingerprint density at radius 2 is 1.79 bits per heavy atom. The predicted octanol–water partition coefficient (Wildman–Crippen LogP) is 3.26. The monoisotopic (exact) mass is 389 g/mol. The molecule has 0 saturated carbocycles. The molecule has 0 radical (unpaired) electrons. The van der Waals surface area contributed by atoms with E-state index in [1.165, 1.54) is 6.92 Å². The lowest BCUT2D eigenvalue weighted by Crippen LogP contribution is -2.48. The molecule has 2 amide bonds. The third-order valence-corrected chi connectivity index (χ3v) is 5.13. The molecule has 1 atom stereocenters. The van der Waals surface area contributed by atoms with Gasteiger partial charge in [-0.15, -0.1) is 0 Å². The second-order valence-corrected chi connectivity index (χ2v) is 7.38. The normalized spacial score (nSPS) is 18.0. The number of hydrazone groups is 1. The highest BCUT2D eigenvalue weighted by atomic mass is 16.2. The number of nitrogens with zero attached hydrogens (tertiary/aromatic N) is 3. The average molecular weight is 389 g/mol. The summed E-state index contributed by atoms with van der Waals surface area (Å²) in [5, 5.41) is 21.0. The van der Waals surface area contributed by atoms with Crippen molar-refractivity contribution in [1.82, 2.24) is 5.01 Å². The van der Waals surface area contributed by atoms with Crippen molar-refractivity contribution in [2.75, 3.05) is 17.7 Å². The van der Waals surface area contributed by atoms with E-state index in [1.807, 2.05) is 38.1 Å². The molecule has 0 fully saturated rings. The number of nitrogens with one attached hydrogen (secondary N) is 2. The van der Waals surface area contributed by atoms with Crippen LogP contribution in [0.4, 0.5) is 11.4 Å². The Morgan fingerprint density at radius 1 is 1.14 bits per heavy atom. The zero-order valence-electron chi connectivity index (χ0n) is 16.9. The van der Waals surface area contributed by atoms with Crippen LogP contribution in [0.15, 0.2) is 47.6 Å². The van der Waals surface area contributed by atoms with E-state index >= 15 is 0 Å². The number of nitriles is 1. The first-order valence-electron chi connectivity index (χ1n) is 9.24. The van der Waals surface area contributed by atoms with Gasteiger partial charge in [0.1, 0.15) is 5.54 Å².